The maximum Gasteiger partial charge on any atom is 0.157 e. The molecule has 1 heterocycles. The Morgan fingerprint density at radius 2 is 1.58 bits per heavy atom. The van der Waals surface area contributed by atoms with Gasteiger partial charge in [-0.2, -0.15) is 0 Å². The molecular weight excluding hydrogens is 693 g/mol. The molecule has 1 fully saturated rings. The highest BCUT2D eigenvalue weighted by atomic mass is 16.5. The number of phenolic OH excluding ortho intramolecular Hbond substituents is 2. The number of ether oxygens (including phenoxy) is 2. The van der Waals surface area contributed by atoms with Gasteiger partial charge in [0.1, 0.15) is 35.8 Å². The molecule has 0 saturated carbocycles. The lowest BCUT2D eigenvalue weighted by molar-refractivity contribution is -0.110. The lowest BCUT2D eigenvalue weighted by atomic mass is 9.67. The second-order valence-corrected chi connectivity index (χ2v) is 14.3. The predicted molar refractivity (Wildman–Crippen MR) is 221 cm³/mol. The fourth-order valence-electron chi connectivity index (χ4n) is 7.13. The van der Waals surface area contributed by atoms with Crippen LogP contribution >= 0.6 is 0 Å². The SMILES string of the molecule is CN1CCC(c2ccccc2)(c2cc(CCOCCC=O)ccc2O)CC1.CNc1c(O)ccc(CCNCCN(C)Cc2ccccc2C)c1OCC=O. The maximum atomic E-state index is 10.7. The highest BCUT2D eigenvalue weighted by Gasteiger charge is 2.39. The zero-order chi connectivity index (χ0) is 39.5. The van der Waals surface area contributed by atoms with Crippen molar-refractivity contribution in [2.75, 3.05) is 79.0 Å². The quantitative estimate of drug-likeness (QED) is 0.0476. The number of hydrogen-bond acceptors (Lipinski definition) is 10. The summed E-state index contributed by atoms with van der Waals surface area (Å²) in [6.45, 7) is 8.70. The summed E-state index contributed by atoms with van der Waals surface area (Å²) < 4.78 is 11.1. The van der Waals surface area contributed by atoms with E-state index in [4.69, 9.17) is 9.47 Å². The number of rotatable bonds is 20. The monoisotopic (exact) mass is 752 g/mol. The van der Waals surface area contributed by atoms with Crippen LogP contribution in [0.4, 0.5) is 5.69 Å². The Morgan fingerprint density at radius 1 is 0.855 bits per heavy atom. The van der Waals surface area contributed by atoms with Crippen LogP contribution in [0.5, 0.6) is 17.2 Å². The van der Waals surface area contributed by atoms with E-state index in [1.165, 1.54) is 16.7 Å². The van der Waals surface area contributed by atoms with E-state index in [1.807, 2.05) is 24.3 Å². The van der Waals surface area contributed by atoms with Crippen molar-refractivity contribution in [3.05, 3.63) is 118 Å². The molecule has 4 aromatic carbocycles. The van der Waals surface area contributed by atoms with Crippen LogP contribution in [0.1, 0.15) is 52.6 Å². The summed E-state index contributed by atoms with van der Waals surface area (Å²) in [4.78, 5) is 25.7. The molecular formula is C45H60N4O6. The van der Waals surface area contributed by atoms with E-state index in [-0.39, 0.29) is 17.8 Å². The summed E-state index contributed by atoms with van der Waals surface area (Å²) in [6.07, 6.45) is 5.51. The van der Waals surface area contributed by atoms with Crippen LogP contribution in [0, 0.1) is 6.92 Å². The molecule has 1 aliphatic rings. The zero-order valence-electron chi connectivity index (χ0n) is 33.1. The van der Waals surface area contributed by atoms with E-state index in [2.05, 4.69) is 96.0 Å². The maximum absolute atomic E-state index is 10.7. The van der Waals surface area contributed by atoms with Crippen molar-refractivity contribution in [3.8, 4) is 17.2 Å². The zero-order valence-corrected chi connectivity index (χ0v) is 33.1. The van der Waals surface area contributed by atoms with Crippen molar-refractivity contribution >= 4 is 18.3 Å². The molecule has 55 heavy (non-hydrogen) atoms. The summed E-state index contributed by atoms with van der Waals surface area (Å²) in [5.74, 6) is 1.01. The number of aldehydes is 2. The third-order valence-corrected chi connectivity index (χ3v) is 10.4. The highest BCUT2D eigenvalue weighted by molar-refractivity contribution is 5.69. The van der Waals surface area contributed by atoms with Gasteiger partial charge in [-0.25, -0.2) is 0 Å². The Kier molecular flexibility index (Phi) is 17.7. The molecule has 0 atom stereocenters. The molecule has 4 aromatic rings. The minimum Gasteiger partial charge on any atom is -0.508 e. The van der Waals surface area contributed by atoms with E-state index < -0.39 is 0 Å². The number of nitrogens with one attached hydrogen (secondary N) is 2. The topological polar surface area (TPSA) is 124 Å². The average Bonchev–Trinajstić information content (AvgIpc) is 3.20. The fraction of sp³-hybridized carbons (Fsp3) is 0.422. The number of likely N-dealkylation sites (tertiary alicyclic amines) is 1. The van der Waals surface area contributed by atoms with Gasteiger partial charge >= 0.3 is 0 Å². The Hall–Kier alpha value is -4.74. The van der Waals surface area contributed by atoms with E-state index in [0.717, 1.165) is 87.9 Å². The minimum absolute atomic E-state index is 0.0394. The third kappa shape index (κ3) is 12.7. The fourth-order valence-corrected chi connectivity index (χ4v) is 7.13. The van der Waals surface area contributed by atoms with Gasteiger partial charge < -0.3 is 44.9 Å². The molecule has 0 bridgehead atoms. The van der Waals surface area contributed by atoms with Gasteiger partial charge in [0.25, 0.3) is 0 Å². The van der Waals surface area contributed by atoms with Gasteiger partial charge in [0, 0.05) is 44.1 Å². The number of piperidine rings is 1. The normalized spacial score (nSPS) is 13.8. The Morgan fingerprint density at radius 3 is 2.29 bits per heavy atom. The van der Waals surface area contributed by atoms with Crippen LogP contribution < -0.4 is 15.4 Å². The smallest absolute Gasteiger partial charge is 0.157 e. The van der Waals surface area contributed by atoms with E-state index >= 15 is 0 Å². The number of nitrogens with zero attached hydrogens (tertiary/aromatic N) is 2. The van der Waals surface area contributed by atoms with Gasteiger partial charge in [0.2, 0.25) is 0 Å². The van der Waals surface area contributed by atoms with Crippen molar-refractivity contribution in [2.45, 2.75) is 51.0 Å². The summed E-state index contributed by atoms with van der Waals surface area (Å²) in [6, 6.07) is 28.4. The number of phenols is 2. The van der Waals surface area contributed by atoms with E-state index in [9.17, 15) is 19.8 Å². The summed E-state index contributed by atoms with van der Waals surface area (Å²) >= 11 is 0. The largest absolute Gasteiger partial charge is 0.508 e. The van der Waals surface area contributed by atoms with Crippen LogP contribution in [-0.4, -0.2) is 106 Å². The Balaban J connectivity index is 0.000000245. The standard InChI is InChI=1S/C23H29NO3.C22H31N3O3/c1-24-13-11-23(12-14-24,20-6-3-2-4-7-20)21-18-19(8-9-22(21)26)10-17-27-16-5-15-25;1-17-6-4-5-7-19(17)16-25(3)13-12-24-11-10-18-8-9-20(27)21(23-2)22(18)28-15-14-26/h2-4,6-9,15,18,26H,5,10-14,16-17H2,1H3;4-9,14,23-24,27H,10-13,15-16H2,1-3H3. The Labute approximate surface area is 327 Å². The van der Waals surface area contributed by atoms with Crippen molar-refractivity contribution < 1.29 is 29.3 Å². The highest BCUT2D eigenvalue weighted by Crippen LogP contribution is 2.45. The first-order valence-corrected chi connectivity index (χ1v) is 19.3. The first-order chi connectivity index (χ1) is 26.7. The first kappa shape index (κ1) is 43.0. The summed E-state index contributed by atoms with van der Waals surface area (Å²) in [7, 11) is 6.00. The lowest BCUT2D eigenvalue weighted by Crippen LogP contribution is -2.41. The van der Waals surface area contributed by atoms with Gasteiger partial charge in [-0.3, -0.25) is 4.79 Å². The molecule has 10 heteroatoms. The molecule has 0 radical (unpaired) electrons. The van der Waals surface area contributed by atoms with Crippen LogP contribution in [0.25, 0.3) is 0 Å². The summed E-state index contributed by atoms with van der Waals surface area (Å²) in [5.41, 5.74) is 7.42. The number of aromatic hydroxyl groups is 2. The lowest BCUT2D eigenvalue weighted by Gasteiger charge is -2.42. The second-order valence-electron chi connectivity index (χ2n) is 14.3. The molecule has 0 aromatic heterocycles. The molecule has 296 valence electrons. The number of benzene rings is 4. The minimum atomic E-state index is -0.160. The van der Waals surface area contributed by atoms with E-state index in [1.54, 1.807) is 13.1 Å². The molecule has 1 aliphatic heterocycles. The van der Waals surface area contributed by atoms with Crippen LogP contribution in [0.2, 0.25) is 0 Å². The molecule has 0 unspecified atom stereocenters. The van der Waals surface area contributed by atoms with Crippen molar-refractivity contribution in [3.63, 3.8) is 0 Å². The van der Waals surface area contributed by atoms with Crippen molar-refractivity contribution in [1.82, 2.24) is 15.1 Å². The van der Waals surface area contributed by atoms with Gasteiger partial charge in [0.15, 0.2) is 6.29 Å². The molecule has 4 N–H and O–H groups in total. The number of carbonyl (C=O) groups excluding carboxylic acids is 2. The van der Waals surface area contributed by atoms with Gasteiger partial charge in [0.05, 0.1) is 13.2 Å². The molecule has 0 spiro atoms. The number of hydrogen-bond donors (Lipinski definition) is 4. The van der Waals surface area contributed by atoms with Crippen LogP contribution in [0.15, 0.2) is 84.9 Å². The molecule has 5 rings (SSSR count). The van der Waals surface area contributed by atoms with Gasteiger partial charge in [-0.1, -0.05) is 72.8 Å². The summed E-state index contributed by atoms with van der Waals surface area (Å²) in [5, 5.41) is 27.1. The third-order valence-electron chi connectivity index (χ3n) is 10.4. The molecule has 0 amide bonds. The van der Waals surface area contributed by atoms with Crippen molar-refractivity contribution in [2.24, 2.45) is 0 Å². The van der Waals surface area contributed by atoms with Crippen LogP contribution in [-0.2, 0) is 39.1 Å². The predicted octanol–water partition coefficient (Wildman–Crippen LogP) is 6.14. The van der Waals surface area contributed by atoms with E-state index in [0.29, 0.717) is 43.1 Å². The second kappa shape index (κ2) is 22.6. The number of likely N-dealkylation sites (N-methyl/N-ethyl adjacent to an activating group) is 1. The first-order valence-electron chi connectivity index (χ1n) is 19.3. The average molecular weight is 753 g/mol. The number of carbonyl (C=O) groups is 2. The number of anilines is 1. The van der Waals surface area contributed by atoms with Crippen molar-refractivity contribution in [1.29, 1.82) is 0 Å². The van der Waals surface area contributed by atoms with Gasteiger partial charge in [-0.05, 0) is 106 Å². The molecule has 1 saturated heterocycles. The van der Waals surface area contributed by atoms with Gasteiger partial charge in [-0.15, -0.1) is 0 Å². The molecule has 10 nitrogen and oxygen atoms in total. The van der Waals surface area contributed by atoms with Crippen LogP contribution in [0.3, 0.4) is 0 Å². The number of aryl methyl sites for hydroxylation is 1. The molecule has 0 aliphatic carbocycles. The Bertz CT molecular complexity index is 1760.